The van der Waals surface area contributed by atoms with Gasteiger partial charge in [0.25, 0.3) is 11.8 Å². The Morgan fingerprint density at radius 2 is 1.08 bits per heavy atom. The zero-order valence-electron chi connectivity index (χ0n) is 27.9. The van der Waals surface area contributed by atoms with Crippen molar-refractivity contribution in [1.29, 1.82) is 0 Å². The first-order chi connectivity index (χ1) is 24.4. The Balaban J connectivity index is 0.953. The molecule has 4 aliphatic heterocycles. The lowest BCUT2D eigenvalue weighted by Gasteiger charge is -2.34. The lowest BCUT2D eigenvalue weighted by Crippen LogP contribution is -2.44. The van der Waals surface area contributed by atoms with E-state index in [1.54, 1.807) is 24.3 Å². The predicted octanol–water partition coefficient (Wildman–Crippen LogP) is 5.05. The van der Waals surface area contributed by atoms with Crippen LogP contribution in [-0.4, -0.2) is 79.6 Å². The molecule has 2 unspecified atom stereocenters. The van der Waals surface area contributed by atoms with Crippen molar-refractivity contribution in [2.45, 2.75) is 44.1 Å². The second-order valence-electron chi connectivity index (χ2n) is 12.9. The van der Waals surface area contributed by atoms with Gasteiger partial charge in [0.05, 0.1) is 54.8 Å². The lowest BCUT2D eigenvalue weighted by atomic mass is 9.94. The summed E-state index contributed by atoms with van der Waals surface area (Å²) in [5.74, 6) is 1.45. The fraction of sp³-hybridized carbons (Fsp3) is 0.282. The van der Waals surface area contributed by atoms with Crippen molar-refractivity contribution in [3.63, 3.8) is 0 Å². The molecule has 2 amide bonds. The summed E-state index contributed by atoms with van der Waals surface area (Å²) in [5.41, 5.74) is 13.1. The van der Waals surface area contributed by atoms with Gasteiger partial charge in [-0.05, 0) is 47.2 Å². The summed E-state index contributed by atoms with van der Waals surface area (Å²) < 4.78 is 23.5. The number of hydrogen-bond acceptors (Lipinski definition) is 9. The van der Waals surface area contributed by atoms with Crippen molar-refractivity contribution in [2.24, 2.45) is 15.7 Å². The first-order valence-electron chi connectivity index (χ1n) is 16.7. The van der Waals surface area contributed by atoms with Crippen molar-refractivity contribution >= 4 is 35.6 Å². The minimum absolute atomic E-state index is 0.0952. The number of fused-ring (bicyclic) bond motifs is 6. The number of hydrogen-bond donors (Lipinski definition) is 1. The van der Waals surface area contributed by atoms with Crippen LogP contribution in [0.1, 0.15) is 43.0 Å². The summed E-state index contributed by atoms with van der Waals surface area (Å²) in [6.07, 6.45) is 5.09. The van der Waals surface area contributed by atoms with Crippen LogP contribution in [0.5, 0.6) is 23.0 Å². The van der Waals surface area contributed by atoms with E-state index in [0.29, 0.717) is 71.4 Å². The molecular formula is C39H37N5O6. The monoisotopic (exact) mass is 671 g/mol. The van der Waals surface area contributed by atoms with E-state index in [0.717, 1.165) is 11.1 Å². The fourth-order valence-corrected chi connectivity index (χ4v) is 7.09. The Kier molecular flexibility index (Phi) is 8.20. The van der Waals surface area contributed by atoms with Gasteiger partial charge in [-0.3, -0.25) is 19.6 Å². The van der Waals surface area contributed by atoms with E-state index < -0.39 is 6.04 Å². The molecule has 50 heavy (non-hydrogen) atoms. The number of carbonyl (C=O) groups is 2. The van der Waals surface area contributed by atoms with Gasteiger partial charge in [-0.15, -0.1) is 0 Å². The molecule has 0 aliphatic carbocycles. The van der Waals surface area contributed by atoms with E-state index in [2.05, 4.69) is 24.3 Å². The minimum Gasteiger partial charge on any atom is -0.493 e. The van der Waals surface area contributed by atoms with Crippen LogP contribution in [0.3, 0.4) is 0 Å². The van der Waals surface area contributed by atoms with Crippen LogP contribution in [0.4, 0.5) is 11.4 Å². The number of carbonyl (C=O) groups excluding carboxylic acids is 2. The minimum atomic E-state index is -0.544. The maximum Gasteiger partial charge on any atom is 0.257 e. The van der Waals surface area contributed by atoms with Crippen LogP contribution in [0.2, 0.25) is 0 Å². The highest BCUT2D eigenvalue weighted by Gasteiger charge is 2.35. The van der Waals surface area contributed by atoms with E-state index >= 15 is 0 Å². The second kappa shape index (κ2) is 13.0. The molecule has 11 heteroatoms. The number of methoxy groups -OCH3 is 2. The van der Waals surface area contributed by atoms with Gasteiger partial charge in [-0.1, -0.05) is 48.5 Å². The highest BCUT2D eigenvalue weighted by Crippen LogP contribution is 2.40. The number of nitrogens with two attached hydrogens (primary N) is 1. The molecule has 0 saturated heterocycles. The molecule has 0 fully saturated rings. The van der Waals surface area contributed by atoms with Crippen molar-refractivity contribution < 1.29 is 28.5 Å². The standard InChI is InChI=1S/C39H37N5O6/c1-47-34-13-30-32(41-17-28-11-23-7-3-5-9-25(23)19-43(28)38(30)45)15-36(34)49-21-27(40)22-50-37-16-33-31(14-35(37)48-2)39(46)44-20-26-10-6-4-8-24(26)12-29(44)18-42-33/h3-10,13-18,27-29H,11-12,19-22,40H2,1-2H3. The van der Waals surface area contributed by atoms with Gasteiger partial charge in [-0.25, -0.2) is 0 Å². The average molecular weight is 672 g/mol. The van der Waals surface area contributed by atoms with Gasteiger partial charge in [0, 0.05) is 37.7 Å². The number of amides is 2. The molecule has 4 heterocycles. The number of rotatable bonds is 8. The normalized spacial score (nSPS) is 19.1. The zero-order valence-corrected chi connectivity index (χ0v) is 27.9. The van der Waals surface area contributed by atoms with E-state index in [1.165, 1.54) is 25.3 Å². The lowest BCUT2D eigenvalue weighted by molar-refractivity contribution is 0.0696. The number of benzene rings is 4. The van der Waals surface area contributed by atoms with Crippen LogP contribution in [0, 0.1) is 0 Å². The zero-order chi connectivity index (χ0) is 34.4. The molecule has 4 aliphatic rings. The Morgan fingerprint density at radius 1 is 0.660 bits per heavy atom. The molecule has 11 nitrogen and oxygen atoms in total. The van der Waals surface area contributed by atoms with Crippen LogP contribution in [0.15, 0.2) is 82.8 Å². The molecular weight excluding hydrogens is 634 g/mol. The molecule has 254 valence electrons. The number of aliphatic imine (C=N–C) groups is 2. The van der Waals surface area contributed by atoms with Crippen LogP contribution >= 0.6 is 0 Å². The highest BCUT2D eigenvalue weighted by atomic mass is 16.5. The third kappa shape index (κ3) is 5.73. The molecule has 0 saturated carbocycles. The third-order valence-electron chi connectivity index (χ3n) is 9.80. The summed E-state index contributed by atoms with van der Waals surface area (Å²) >= 11 is 0. The summed E-state index contributed by atoms with van der Waals surface area (Å²) in [6.45, 7) is 1.23. The highest BCUT2D eigenvalue weighted by molar-refractivity contribution is 6.04. The van der Waals surface area contributed by atoms with E-state index in [9.17, 15) is 9.59 Å². The number of ether oxygens (including phenoxy) is 4. The van der Waals surface area contributed by atoms with Gasteiger partial charge < -0.3 is 34.5 Å². The number of nitrogens with zero attached hydrogens (tertiary/aromatic N) is 4. The molecule has 0 spiro atoms. The van der Waals surface area contributed by atoms with Crippen molar-refractivity contribution in [1.82, 2.24) is 9.80 Å². The molecule has 4 aromatic carbocycles. The topological polar surface area (TPSA) is 128 Å². The largest absolute Gasteiger partial charge is 0.493 e. The first-order valence-corrected chi connectivity index (χ1v) is 16.7. The summed E-state index contributed by atoms with van der Waals surface area (Å²) in [4.78, 5) is 40.5. The first kappa shape index (κ1) is 31.6. The molecule has 0 bridgehead atoms. The average Bonchev–Trinajstić information content (AvgIpc) is 3.36. The Morgan fingerprint density at radius 3 is 1.50 bits per heavy atom. The van der Waals surface area contributed by atoms with Crippen molar-refractivity contribution in [3.05, 3.63) is 106 Å². The fourth-order valence-electron chi connectivity index (χ4n) is 7.09. The molecule has 8 rings (SSSR count). The van der Waals surface area contributed by atoms with E-state index in [4.69, 9.17) is 34.7 Å². The van der Waals surface area contributed by atoms with Gasteiger partial charge in [0.1, 0.15) is 13.2 Å². The van der Waals surface area contributed by atoms with E-state index in [1.807, 2.05) is 46.5 Å². The smallest absolute Gasteiger partial charge is 0.257 e. The molecule has 0 radical (unpaired) electrons. The third-order valence-corrected chi connectivity index (χ3v) is 9.80. The molecule has 2 atom stereocenters. The van der Waals surface area contributed by atoms with Crippen LogP contribution in [-0.2, 0) is 25.9 Å². The molecule has 2 N–H and O–H groups in total. The Bertz CT molecular complexity index is 1920. The molecule has 4 aromatic rings. The quantitative estimate of drug-likeness (QED) is 0.278. The molecule has 0 aromatic heterocycles. The van der Waals surface area contributed by atoms with Gasteiger partial charge in [-0.2, -0.15) is 0 Å². The van der Waals surface area contributed by atoms with Crippen molar-refractivity contribution in [2.75, 3.05) is 27.4 Å². The Labute approximate surface area is 289 Å². The van der Waals surface area contributed by atoms with E-state index in [-0.39, 0.29) is 37.1 Å². The van der Waals surface area contributed by atoms with Gasteiger partial charge >= 0.3 is 0 Å². The predicted molar refractivity (Wildman–Crippen MR) is 189 cm³/mol. The summed E-state index contributed by atoms with van der Waals surface area (Å²) in [6, 6.07) is 22.3. The maximum atomic E-state index is 13.7. The SMILES string of the molecule is COc1cc2c(cc1OCC(N)COc1cc3c(cc1OC)C(=O)N1Cc4ccccc4CC1C=N3)N=CC1Cc3ccccc3CN1C2=O. The van der Waals surface area contributed by atoms with Crippen LogP contribution in [0.25, 0.3) is 0 Å². The van der Waals surface area contributed by atoms with Gasteiger partial charge in [0.15, 0.2) is 23.0 Å². The van der Waals surface area contributed by atoms with Gasteiger partial charge in [0.2, 0.25) is 0 Å². The van der Waals surface area contributed by atoms with Crippen molar-refractivity contribution in [3.8, 4) is 23.0 Å². The Hall–Kier alpha value is -5.68. The van der Waals surface area contributed by atoms with Crippen LogP contribution < -0.4 is 24.7 Å². The summed E-state index contributed by atoms with van der Waals surface area (Å²) in [7, 11) is 3.06. The summed E-state index contributed by atoms with van der Waals surface area (Å²) in [5, 5.41) is 0. The second-order valence-corrected chi connectivity index (χ2v) is 12.9. The maximum absolute atomic E-state index is 13.7.